The van der Waals surface area contributed by atoms with E-state index in [1.165, 1.54) is 42.5 Å². The highest BCUT2D eigenvalue weighted by Gasteiger charge is 2.60. The minimum Gasteiger partial charge on any atom is -0.470 e. The molecular weight excluding hydrogens is 1010 g/mol. The minimum atomic E-state index is -5.12. The molecular formula is C55H41F3N4O13S. The monoisotopic (exact) mass is 1050 g/mol. The van der Waals surface area contributed by atoms with Crippen molar-refractivity contribution in [3.8, 4) is 41.2 Å². The number of thiophene rings is 1. The van der Waals surface area contributed by atoms with Gasteiger partial charge in [0.2, 0.25) is 5.60 Å². The van der Waals surface area contributed by atoms with Crippen molar-refractivity contribution in [2.24, 2.45) is 0 Å². The number of hydrogen-bond acceptors (Lipinski definition) is 18. The van der Waals surface area contributed by atoms with Crippen molar-refractivity contribution in [1.29, 1.82) is 15.8 Å². The van der Waals surface area contributed by atoms with Crippen LogP contribution in [0.2, 0.25) is 0 Å². The number of anilines is 1. The minimum absolute atomic E-state index is 0.0759. The van der Waals surface area contributed by atoms with Gasteiger partial charge in [-0.25, -0.2) is 28.8 Å². The molecule has 0 amide bonds. The summed E-state index contributed by atoms with van der Waals surface area (Å²) < 4.78 is 80.6. The van der Waals surface area contributed by atoms with Gasteiger partial charge >= 0.3 is 42.0 Å². The third kappa shape index (κ3) is 14.3. The summed E-state index contributed by atoms with van der Waals surface area (Å²) in [5, 5.41) is 28.8. The maximum Gasteiger partial charge on any atom is 0.432 e. The molecule has 1 aliphatic rings. The summed E-state index contributed by atoms with van der Waals surface area (Å²) in [7, 11) is 0. The Morgan fingerprint density at radius 1 is 0.697 bits per heavy atom. The maximum atomic E-state index is 14.6. The second kappa shape index (κ2) is 25.6. The lowest BCUT2D eigenvalue weighted by atomic mass is 9.92. The largest absolute Gasteiger partial charge is 0.470 e. The fourth-order valence-corrected chi connectivity index (χ4v) is 7.72. The highest BCUT2D eigenvalue weighted by Crippen LogP contribution is 2.49. The fraction of sp³-hybridized carbons (Fsp3) is 0.145. The van der Waals surface area contributed by atoms with Crippen LogP contribution >= 0.6 is 11.3 Å². The first-order valence-corrected chi connectivity index (χ1v) is 22.9. The predicted molar refractivity (Wildman–Crippen MR) is 269 cm³/mol. The van der Waals surface area contributed by atoms with E-state index in [0.29, 0.717) is 34.3 Å². The Labute approximate surface area is 436 Å². The molecule has 1 atom stereocenters. The predicted octanol–water partition coefficient (Wildman–Crippen LogP) is 9.81. The van der Waals surface area contributed by atoms with E-state index < -0.39 is 76.7 Å². The Morgan fingerprint density at radius 3 is 1.62 bits per heavy atom. The van der Waals surface area contributed by atoms with Crippen LogP contribution in [0.15, 0.2) is 146 Å². The maximum absolute atomic E-state index is 14.6. The number of hydrogen-bond donors (Lipinski definition) is 0. The standard InChI is InChI=1S/C55H41F3N4O13S/c1-7-47(63)71-39-22-34(23-40(27-39)72-48(64)8-2)52(67)69-21-20-62(11-5)38-15-12-33(13-16-38)14-19-46-36(32-70-53(68)35-24-41(73-49(65)9-3)28-42(25-35)74-50(66)10-4)26-43(76-46)17-18-45-44(31-61)51(37(29-59)30-60)75-54(45,6)55(56,57)58/h7-10,12-19,22-28H,1-4,11,20-21,32H2,5-6H3/b18-17+,19-14+. The molecule has 0 fully saturated rings. The molecule has 0 saturated carbocycles. The number of alkyl halides is 3. The van der Waals surface area contributed by atoms with Gasteiger partial charge in [-0.2, -0.15) is 29.0 Å². The topological polar surface area (TPSA) is 242 Å². The molecule has 0 bridgehead atoms. The van der Waals surface area contributed by atoms with Crippen LogP contribution in [0.25, 0.3) is 18.2 Å². The summed E-state index contributed by atoms with van der Waals surface area (Å²) in [6, 6.07) is 20.3. The number of benzene rings is 3. The Kier molecular flexibility index (Phi) is 19.1. The Hall–Kier alpha value is -10.0. The summed E-state index contributed by atoms with van der Waals surface area (Å²) in [4.78, 5) is 76.9. The van der Waals surface area contributed by atoms with Gasteiger partial charge in [-0.05, 0) is 74.0 Å². The molecule has 4 aromatic rings. The molecule has 1 aromatic heterocycles. The highest BCUT2D eigenvalue weighted by molar-refractivity contribution is 7.14. The molecule has 21 heteroatoms. The molecule has 17 nitrogen and oxygen atoms in total. The van der Waals surface area contributed by atoms with Crippen molar-refractivity contribution >= 4 is 71.1 Å². The first-order chi connectivity index (χ1) is 36.2. The third-order valence-corrected chi connectivity index (χ3v) is 11.6. The van der Waals surface area contributed by atoms with E-state index in [-0.39, 0.29) is 47.3 Å². The number of esters is 6. The van der Waals surface area contributed by atoms with Crippen molar-refractivity contribution in [2.45, 2.75) is 32.2 Å². The molecule has 3 aromatic carbocycles. The van der Waals surface area contributed by atoms with Crippen LogP contribution in [0.1, 0.15) is 55.4 Å². The Balaban J connectivity index is 1.43. The molecule has 5 rings (SSSR count). The van der Waals surface area contributed by atoms with Gasteiger partial charge in [-0.3, -0.25) is 0 Å². The average molecular weight is 1060 g/mol. The van der Waals surface area contributed by atoms with Crippen LogP contribution < -0.4 is 23.8 Å². The zero-order valence-electron chi connectivity index (χ0n) is 40.3. The van der Waals surface area contributed by atoms with Crippen LogP contribution in [0.5, 0.6) is 23.0 Å². The first kappa shape index (κ1) is 56.9. The van der Waals surface area contributed by atoms with Crippen LogP contribution in [-0.4, -0.2) is 67.3 Å². The van der Waals surface area contributed by atoms with Crippen LogP contribution in [0.4, 0.5) is 18.9 Å². The van der Waals surface area contributed by atoms with E-state index >= 15 is 0 Å². The van der Waals surface area contributed by atoms with Crippen LogP contribution in [0.3, 0.4) is 0 Å². The molecule has 0 aliphatic carbocycles. The second-order valence-electron chi connectivity index (χ2n) is 15.4. The van der Waals surface area contributed by atoms with Crippen molar-refractivity contribution < 1.29 is 75.1 Å². The quantitative estimate of drug-likeness (QED) is 0.0326. The lowest BCUT2D eigenvalue weighted by Crippen LogP contribution is -2.43. The Morgan fingerprint density at radius 2 is 1.18 bits per heavy atom. The number of nitriles is 3. The van der Waals surface area contributed by atoms with Gasteiger partial charge < -0.3 is 38.1 Å². The lowest BCUT2D eigenvalue weighted by Gasteiger charge is -2.28. The average Bonchev–Trinajstić information content (AvgIpc) is 3.94. The zero-order chi connectivity index (χ0) is 55.7. The SMILES string of the molecule is C=CC(=O)Oc1cc(OC(=O)C=C)cc(C(=O)OCCN(CC)c2ccc(/C=C/c3sc(/C=C/C4=C(C#N)C(=C(C#N)C#N)OC4(C)C(F)(F)F)cc3COC(=O)c3cc(OC(=O)C=C)cc(OC(=O)C=C)c3)cc2)c1. The molecule has 2 heterocycles. The van der Waals surface area contributed by atoms with Crippen LogP contribution in [0, 0.1) is 34.0 Å². The van der Waals surface area contributed by atoms with Gasteiger partial charge in [0.25, 0.3) is 0 Å². The Bertz CT molecular complexity index is 3200. The molecule has 0 radical (unpaired) electrons. The van der Waals surface area contributed by atoms with Crippen LogP contribution in [-0.2, 0) is 40.0 Å². The third-order valence-electron chi connectivity index (χ3n) is 10.5. The number of carbonyl (C=O) groups is 6. The summed E-state index contributed by atoms with van der Waals surface area (Å²) in [6.45, 7) is 16.0. The molecule has 0 saturated heterocycles. The van der Waals surface area contributed by atoms with Crippen molar-refractivity contribution in [2.75, 3.05) is 24.6 Å². The summed E-state index contributed by atoms with van der Waals surface area (Å²) in [5.74, 6) is -6.63. The molecule has 0 N–H and O–H groups in total. The van der Waals surface area contributed by atoms with Gasteiger partial charge in [0, 0.05) is 69.6 Å². The van der Waals surface area contributed by atoms with Gasteiger partial charge in [-0.1, -0.05) is 50.6 Å². The second-order valence-corrected chi connectivity index (χ2v) is 16.6. The van der Waals surface area contributed by atoms with E-state index in [4.69, 9.17) is 33.2 Å². The summed E-state index contributed by atoms with van der Waals surface area (Å²) in [6.07, 6.45) is 4.04. The van der Waals surface area contributed by atoms with Gasteiger partial charge in [0.1, 0.15) is 60.0 Å². The summed E-state index contributed by atoms with van der Waals surface area (Å²) >= 11 is 1.05. The van der Waals surface area contributed by atoms with Gasteiger partial charge in [0.15, 0.2) is 11.3 Å². The van der Waals surface area contributed by atoms with E-state index in [1.54, 1.807) is 42.5 Å². The van der Waals surface area contributed by atoms with Gasteiger partial charge in [0.05, 0.1) is 17.7 Å². The molecule has 76 heavy (non-hydrogen) atoms. The number of likely N-dealkylation sites (N-methyl/N-ethyl adjacent to an activating group) is 1. The van der Waals surface area contributed by atoms with E-state index in [1.807, 2.05) is 11.8 Å². The number of halogens is 3. The number of carbonyl (C=O) groups excluding carboxylic acids is 6. The molecule has 386 valence electrons. The first-order valence-electron chi connectivity index (χ1n) is 22.0. The van der Waals surface area contributed by atoms with E-state index in [2.05, 4.69) is 26.3 Å². The van der Waals surface area contributed by atoms with Crippen molar-refractivity contribution in [1.82, 2.24) is 0 Å². The van der Waals surface area contributed by atoms with E-state index in [0.717, 1.165) is 65.6 Å². The number of allylic oxidation sites excluding steroid dienone is 2. The molecule has 0 spiro atoms. The zero-order valence-corrected chi connectivity index (χ0v) is 41.1. The number of rotatable bonds is 21. The highest BCUT2D eigenvalue weighted by atomic mass is 32.1. The lowest BCUT2D eigenvalue weighted by molar-refractivity contribution is -0.236. The van der Waals surface area contributed by atoms with E-state index in [9.17, 15) is 57.7 Å². The summed E-state index contributed by atoms with van der Waals surface area (Å²) in [5.41, 5.74) is -3.87. The normalized spacial score (nSPS) is 13.7. The molecule has 1 unspecified atom stereocenters. The van der Waals surface area contributed by atoms with Crippen molar-refractivity contribution in [3.05, 3.63) is 178 Å². The number of ether oxygens (including phenoxy) is 7. The fourth-order valence-electron chi connectivity index (χ4n) is 6.75. The smallest absolute Gasteiger partial charge is 0.432 e. The number of nitrogens with zero attached hydrogens (tertiary/aromatic N) is 4. The molecule has 1 aliphatic heterocycles. The van der Waals surface area contributed by atoms with Gasteiger partial charge in [-0.15, -0.1) is 11.3 Å². The van der Waals surface area contributed by atoms with Crippen molar-refractivity contribution in [3.63, 3.8) is 0 Å².